The first-order valence-electron chi connectivity index (χ1n) is 5.23. The molecule has 84 valence electrons. The van der Waals surface area contributed by atoms with Gasteiger partial charge in [0.2, 0.25) is 0 Å². The number of hydrogen-bond donors (Lipinski definition) is 1. The Morgan fingerprint density at radius 3 is 3.06 bits per heavy atom. The van der Waals surface area contributed by atoms with Crippen LogP contribution < -0.4 is 0 Å². The minimum Gasteiger partial charge on any atom is -0.481 e. The Morgan fingerprint density at radius 2 is 2.38 bits per heavy atom. The molecule has 4 nitrogen and oxygen atoms in total. The van der Waals surface area contributed by atoms with Crippen molar-refractivity contribution in [2.75, 3.05) is 0 Å². The third kappa shape index (κ3) is 1.91. The maximum Gasteiger partial charge on any atom is 0.306 e. The summed E-state index contributed by atoms with van der Waals surface area (Å²) in [6, 6.07) is 3.93. The molecule has 0 fully saturated rings. The molecule has 0 aliphatic heterocycles. The molecule has 2 rings (SSSR count). The van der Waals surface area contributed by atoms with Gasteiger partial charge in [-0.3, -0.25) is 4.79 Å². The molecule has 0 saturated carbocycles. The van der Waals surface area contributed by atoms with E-state index in [1.807, 2.05) is 29.7 Å². The first kappa shape index (κ1) is 10.7. The molecule has 0 saturated heterocycles. The van der Waals surface area contributed by atoms with E-state index in [4.69, 9.17) is 5.11 Å². The summed E-state index contributed by atoms with van der Waals surface area (Å²) in [5.74, 6) is -0.177. The van der Waals surface area contributed by atoms with Crippen molar-refractivity contribution in [2.24, 2.45) is 5.92 Å². The predicted molar refractivity (Wildman–Crippen MR) is 60.4 cm³/mol. The SMILES string of the molecule is Cc1ncc2cc(CC(C)C(=O)O)ccn12. The van der Waals surface area contributed by atoms with Gasteiger partial charge < -0.3 is 9.51 Å². The van der Waals surface area contributed by atoms with Crippen LogP contribution in [0, 0.1) is 12.8 Å². The standard InChI is InChI=1S/C12H14N2O2/c1-8(12(15)16)5-10-3-4-14-9(2)13-7-11(14)6-10/h3-4,6-8H,5H2,1-2H3,(H,15,16). The maximum absolute atomic E-state index is 10.8. The Labute approximate surface area is 93.5 Å². The van der Waals surface area contributed by atoms with Crippen molar-refractivity contribution in [1.82, 2.24) is 9.38 Å². The molecule has 0 spiro atoms. The Kier molecular flexibility index (Phi) is 2.64. The summed E-state index contributed by atoms with van der Waals surface area (Å²) in [6.07, 6.45) is 4.28. The summed E-state index contributed by atoms with van der Waals surface area (Å²) in [6.45, 7) is 3.65. The summed E-state index contributed by atoms with van der Waals surface area (Å²) in [7, 11) is 0. The summed E-state index contributed by atoms with van der Waals surface area (Å²) in [4.78, 5) is 15.0. The number of nitrogens with zero attached hydrogens (tertiary/aromatic N) is 2. The van der Waals surface area contributed by atoms with Crippen LogP contribution in [0.25, 0.3) is 5.52 Å². The second-order valence-corrected chi connectivity index (χ2v) is 4.08. The normalized spacial score (nSPS) is 12.9. The minimum absolute atomic E-state index is 0.355. The van der Waals surface area contributed by atoms with Gasteiger partial charge in [-0.15, -0.1) is 0 Å². The fourth-order valence-electron chi connectivity index (χ4n) is 1.75. The molecule has 2 aromatic heterocycles. The third-order valence-corrected chi connectivity index (χ3v) is 2.74. The lowest BCUT2D eigenvalue weighted by atomic mass is 10.0. The van der Waals surface area contributed by atoms with Crippen LogP contribution in [0.5, 0.6) is 0 Å². The van der Waals surface area contributed by atoms with E-state index in [-0.39, 0.29) is 5.92 Å². The number of carbonyl (C=O) groups is 1. The van der Waals surface area contributed by atoms with Gasteiger partial charge in [0.15, 0.2) is 0 Å². The molecule has 0 aromatic carbocycles. The highest BCUT2D eigenvalue weighted by molar-refractivity contribution is 5.70. The number of aromatic nitrogens is 2. The number of carboxylic acids is 1. The zero-order valence-electron chi connectivity index (χ0n) is 9.34. The average molecular weight is 218 g/mol. The number of hydrogen-bond acceptors (Lipinski definition) is 2. The van der Waals surface area contributed by atoms with Crippen molar-refractivity contribution < 1.29 is 9.90 Å². The van der Waals surface area contributed by atoms with Gasteiger partial charge in [0, 0.05) is 6.20 Å². The fourth-order valence-corrected chi connectivity index (χ4v) is 1.75. The van der Waals surface area contributed by atoms with Gasteiger partial charge in [0.25, 0.3) is 0 Å². The Hall–Kier alpha value is -1.84. The zero-order valence-corrected chi connectivity index (χ0v) is 9.34. The predicted octanol–water partition coefficient (Wildman–Crippen LogP) is 1.91. The number of carboxylic acid groups (broad SMARTS) is 1. The molecule has 1 unspecified atom stereocenters. The van der Waals surface area contributed by atoms with E-state index < -0.39 is 5.97 Å². The van der Waals surface area contributed by atoms with Crippen LogP contribution in [0.1, 0.15) is 18.3 Å². The summed E-state index contributed by atoms with van der Waals surface area (Å²) >= 11 is 0. The monoisotopic (exact) mass is 218 g/mol. The van der Waals surface area contributed by atoms with Crippen LogP contribution in [0.15, 0.2) is 24.5 Å². The largest absolute Gasteiger partial charge is 0.481 e. The smallest absolute Gasteiger partial charge is 0.306 e. The average Bonchev–Trinajstić information content (AvgIpc) is 2.60. The van der Waals surface area contributed by atoms with Crippen molar-refractivity contribution in [3.05, 3.63) is 35.9 Å². The summed E-state index contributed by atoms with van der Waals surface area (Å²) in [5, 5.41) is 8.84. The highest BCUT2D eigenvalue weighted by Gasteiger charge is 2.11. The van der Waals surface area contributed by atoms with Gasteiger partial charge in [-0.05, 0) is 31.0 Å². The number of aliphatic carboxylic acids is 1. The highest BCUT2D eigenvalue weighted by Crippen LogP contribution is 2.13. The number of rotatable bonds is 3. The van der Waals surface area contributed by atoms with Crippen molar-refractivity contribution in [3.8, 4) is 0 Å². The van der Waals surface area contributed by atoms with Crippen LogP contribution in [0.2, 0.25) is 0 Å². The van der Waals surface area contributed by atoms with Crippen molar-refractivity contribution >= 4 is 11.5 Å². The van der Waals surface area contributed by atoms with Gasteiger partial charge >= 0.3 is 5.97 Å². The van der Waals surface area contributed by atoms with E-state index in [0.717, 1.165) is 16.9 Å². The molecule has 2 aromatic rings. The molecule has 16 heavy (non-hydrogen) atoms. The van der Waals surface area contributed by atoms with Crippen LogP contribution in [0.4, 0.5) is 0 Å². The molecule has 2 heterocycles. The van der Waals surface area contributed by atoms with Crippen LogP contribution in [0.3, 0.4) is 0 Å². The van der Waals surface area contributed by atoms with Crippen molar-refractivity contribution in [1.29, 1.82) is 0 Å². The molecule has 0 radical (unpaired) electrons. The first-order valence-corrected chi connectivity index (χ1v) is 5.23. The molecule has 0 amide bonds. The number of aryl methyl sites for hydroxylation is 1. The molecular formula is C12H14N2O2. The number of imidazole rings is 1. The maximum atomic E-state index is 10.8. The lowest BCUT2D eigenvalue weighted by molar-refractivity contribution is -0.141. The molecule has 0 bridgehead atoms. The second kappa shape index (κ2) is 3.96. The quantitative estimate of drug-likeness (QED) is 0.856. The molecule has 4 heteroatoms. The van der Waals surface area contributed by atoms with Crippen molar-refractivity contribution in [2.45, 2.75) is 20.3 Å². The van der Waals surface area contributed by atoms with E-state index in [1.165, 1.54) is 0 Å². The molecule has 1 atom stereocenters. The lowest BCUT2D eigenvalue weighted by Gasteiger charge is -2.06. The van der Waals surface area contributed by atoms with Gasteiger partial charge in [0.1, 0.15) is 5.82 Å². The summed E-state index contributed by atoms with van der Waals surface area (Å²) in [5.41, 5.74) is 2.04. The fraction of sp³-hybridized carbons (Fsp3) is 0.333. The Morgan fingerprint density at radius 1 is 1.62 bits per heavy atom. The molecule has 0 aliphatic carbocycles. The van der Waals surface area contributed by atoms with Crippen LogP contribution in [-0.2, 0) is 11.2 Å². The van der Waals surface area contributed by atoms with Gasteiger partial charge in [-0.1, -0.05) is 6.92 Å². The van der Waals surface area contributed by atoms with Gasteiger partial charge in [-0.25, -0.2) is 4.98 Å². The highest BCUT2D eigenvalue weighted by atomic mass is 16.4. The van der Waals surface area contributed by atoms with E-state index in [2.05, 4.69) is 4.98 Å². The minimum atomic E-state index is -0.760. The summed E-state index contributed by atoms with van der Waals surface area (Å²) < 4.78 is 1.98. The Bertz CT molecular complexity index is 531. The molecular weight excluding hydrogens is 204 g/mol. The van der Waals surface area contributed by atoms with Gasteiger partial charge in [-0.2, -0.15) is 0 Å². The molecule has 0 aliphatic rings. The van der Waals surface area contributed by atoms with E-state index in [9.17, 15) is 4.79 Å². The van der Waals surface area contributed by atoms with E-state index in [0.29, 0.717) is 6.42 Å². The second-order valence-electron chi connectivity index (χ2n) is 4.08. The first-order chi connectivity index (χ1) is 7.58. The number of fused-ring (bicyclic) bond motifs is 1. The third-order valence-electron chi connectivity index (χ3n) is 2.74. The van der Waals surface area contributed by atoms with Crippen LogP contribution >= 0.6 is 0 Å². The van der Waals surface area contributed by atoms with Gasteiger partial charge in [0.05, 0.1) is 17.6 Å². The van der Waals surface area contributed by atoms with E-state index >= 15 is 0 Å². The Balaban J connectivity index is 2.29. The van der Waals surface area contributed by atoms with Crippen molar-refractivity contribution in [3.63, 3.8) is 0 Å². The van der Waals surface area contributed by atoms with Crippen LogP contribution in [-0.4, -0.2) is 20.5 Å². The topological polar surface area (TPSA) is 54.6 Å². The number of pyridine rings is 1. The lowest BCUT2D eigenvalue weighted by Crippen LogP contribution is -2.12. The van der Waals surface area contributed by atoms with E-state index in [1.54, 1.807) is 13.1 Å². The molecule has 1 N–H and O–H groups in total. The zero-order chi connectivity index (χ0) is 11.7.